The lowest BCUT2D eigenvalue weighted by Gasteiger charge is -2.70. The standard InChI is InChI=1S/C49H75NO11/c1-7-8-9-10-11-12-13-14-15-16-17-18-19-20-24-27-36(52)61-49-37-33(29-47(55,44(59-6)42(49)53)43(37)60-45(54)32-25-22-21-23-26-32)48-35(57-4)28-34(51)46(31-56-3)30-50(2)41(48)38(49)39(58-5)40(46)48/h14-15,21-23,25-26,33-35,37-44,51,53,55H,7-13,16-20,24,27-31H2,1-6H3/b15-14-/t33-,34-,35+,37-,38+,39+,40-,41-,42+,43-,44+,46+,47+,48+,49-/m1/s1. The highest BCUT2D eigenvalue weighted by atomic mass is 16.6. The van der Waals surface area contributed by atoms with Gasteiger partial charge in [0.25, 0.3) is 0 Å². The van der Waals surface area contributed by atoms with Crippen molar-refractivity contribution in [3.8, 4) is 0 Å². The van der Waals surface area contributed by atoms with E-state index in [0.717, 1.165) is 38.5 Å². The Labute approximate surface area is 364 Å². The predicted octanol–water partition coefficient (Wildman–Crippen LogP) is 6.28. The third kappa shape index (κ3) is 7.54. The van der Waals surface area contributed by atoms with Gasteiger partial charge in [-0.05, 0) is 63.6 Å². The lowest BCUT2D eigenvalue weighted by Crippen LogP contribution is -2.81. The van der Waals surface area contributed by atoms with E-state index in [1.807, 2.05) is 13.1 Å². The molecule has 5 aliphatic carbocycles. The van der Waals surface area contributed by atoms with Crippen LogP contribution in [-0.4, -0.2) is 135 Å². The number of hydrogen-bond acceptors (Lipinski definition) is 12. The molecule has 1 aliphatic heterocycles. The first-order valence-corrected chi connectivity index (χ1v) is 23.5. The number of carbonyl (C=O) groups excluding carboxylic acids is 2. The zero-order valence-corrected chi connectivity index (χ0v) is 37.7. The van der Waals surface area contributed by atoms with E-state index in [2.05, 4.69) is 24.0 Å². The van der Waals surface area contributed by atoms with Gasteiger partial charge in [0.2, 0.25) is 0 Å². The number of likely N-dealkylation sites (tertiary alicyclic amines) is 1. The molecule has 12 heteroatoms. The minimum atomic E-state index is -1.85. The summed E-state index contributed by atoms with van der Waals surface area (Å²) in [6.45, 7) is 2.96. The number of carbonyl (C=O) groups is 2. The Morgan fingerprint density at radius 1 is 0.836 bits per heavy atom. The van der Waals surface area contributed by atoms with Crippen molar-refractivity contribution in [3.63, 3.8) is 0 Å². The zero-order chi connectivity index (χ0) is 43.6. The number of fused-ring (bicyclic) bond motifs is 2. The summed E-state index contributed by atoms with van der Waals surface area (Å²) in [7, 11) is 8.38. The van der Waals surface area contributed by atoms with Crippen molar-refractivity contribution in [2.45, 2.75) is 164 Å². The molecule has 61 heavy (non-hydrogen) atoms. The van der Waals surface area contributed by atoms with Gasteiger partial charge in [-0.1, -0.05) is 88.6 Å². The van der Waals surface area contributed by atoms with Crippen molar-refractivity contribution in [1.82, 2.24) is 4.90 Å². The molecule has 0 aromatic heterocycles. The fraction of sp³-hybridized carbons (Fsp3) is 0.796. The fourth-order valence-corrected chi connectivity index (χ4v) is 14.5. The van der Waals surface area contributed by atoms with Crippen molar-refractivity contribution >= 4 is 11.9 Å². The summed E-state index contributed by atoms with van der Waals surface area (Å²) in [6, 6.07) is 8.27. The maximum atomic E-state index is 14.5. The number of methoxy groups -OCH3 is 4. The monoisotopic (exact) mass is 854 g/mol. The summed E-state index contributed by atoms with van der Waals surface area (Å²) in [5.41, 5.74) is -4.85. The molecule has 0 amide bonds. The number of esters is 2. The third-order valence-corrected chi connectivity index (χ3v) is 16.5. The Bertz CT molecular complexity index is 1660. The number of unbranched alkanes of at least 4 members (excludes halogenated alkanes) is 11. The molecule has 7 bridgehead atoms. The quantitative estimate of drug-likeness (QED) is 0.0646. The topological polar surface area (TPSA) is 153 Å². The van der Waals surface area contributed by atoms with Gasteiger partial charge >= 0.3 is 11.9 Å². The van der Waals surface area contributed by atoms with Crippen LogP contribution in [0.2, 0.25) is 0 Å². The summed E-state index contributed by atoms with van der Waals surface area (Å²) in [5.74, 6) is -3.52. The molecule has 1 heterocycles. The normalized spacial score (nSPS) is 40.7. The van der Waals surface area contributed by atoms with Gasteiger partial charge in [0.1, 0.15) is 23.9 Å². The van der Waals surface area contributed by atoms with E-state index in [4.69, 9.17) is 28.4 Å². The van der Waals surface area contributed by atoms with E-state index in [-0.39, 0.29) is 31.4 Å². The molecule has 6 fully saturated rings. The molecule has 1 aromatic carbocycles. The van der Waals surface area contributed by atoms with E-state index in [1.54, 1.807) is 45.6 Å². The molecule has 0 unspecified atom stereocenters. The molecule has 7 rings (SSSR count). The lowest BCUT2D eigenvalue weighted by molar-refractivity contribution is -0.321. The van der Waals surface area contributed by atoms with E-state index in [0.29, 0.717) is 24.9 Å². The Kier molecular flexibility index (Phi) is 14.8. The van der Waals surface area contributed by atoms with Crippen molar-refractivity contribution in [1.29, 1.82) is 0 Å². The number of rotatable bonds is 23. The van der Waals surface area contributed by atoms with Gasteiger partial charge in [-0.25, -0.2) is 4.79 Å². The molecule has 15 atom stereocenters. The molecule has 0 radical (unpaired) electrons. The summed E-state index contributed by atoms with van der Waals surface area (Å²) in [6.07, 6.45) is 14.0. The number of hydrogen-bond donors (Lipinski definition) is 3. The first-order chi connectivity index (χ1) is 29.5. The van der Waals surface area contributed by atoms with E-state index >= 15 is 0 Å². The van der Waals surface area contributed by atoms with Crippen LogP contribution < -0.4 is 0 Å². The van der Waals surface area contributed by atoms with Gasteiger partial charge in [-0.2, -0.15) is 0 Å². The van der Waals surface area contributed by atoms with Crippen LogP contribution in [0.4, 0.5) is 0 Å². The van der Waals surface area contributed by atoms with Crippen molar-refractivity contribution in [2.75, 3.05) is 48.6 Å². The minimum absolute atomic E-state index is 0.0799. The number of aliphatic hydroxyl groups is 3. The van der Waals surface area contributed by atoms with Crippen molar-refractivity contribution < 1.29 is 53.3 Å². The molecule has 1 aromatic rings. The highest BCUT2D eigenvalue weighted by molar-refractivity contribution is 5.89. The van der Waals surface area contributed by atoms with Crippen molar-refractivity contribution in [3.05, 3.63) is 48.0 Å². The van der Waals surface area contributed by atoms with E-state index in [1.165, 1.54) is 45.6 Å². The second-order valence-corrected chi connectivity index (χ2v) is 19.5. The predicted molar refractivity (Wildman–Crippen MR) is 230 cm³/mol. The van der Waals surface area contributed by atoms with Gasteiger partial charge < -0.3 is 48.6 Å². The number of piperidine rings is 1. The summed E-state index contributed by atoms with van der Waals surface area (Å²) in [5, 5.41) is 38.1. The van der Waals surface area contributed by atoms with Crippen LogP contribution in [0.5, 0.6) is 0 Å². The molecule has 342 valence electrons. The number of nitrogens with zero attached hydrogens (tertiary/aromatic N) is 1. The van der Waals surface area contributed by atoms with Gasteiger partial charge in [0, 0.05) is 82.5 Å². The second-order valence-electron chi connectivity index (χ2n) is 19.5. The summed E-state index contributed by atoms with van der Waals surface area (Å²) in [4.78, 5) is 30.8. The lowest BCUT2D eigenvalue weighted by atomic mass is 9.42. The molecule has 1 saturated heterocycles. The number of benzene rings is 1. The molecule has 1 spiro atoms. The van der Waals surface area contributed by atoms with Crippen molar-refractivity contribution in [2.24, 2.45) is 34.5 Å². The minimum Gasteiger partial charge on any atom is -0.455 e. The number of ether oxygens (including phenoxy) is 6. The smallest absolute Gasteiger partial charge is 0.338 e. The first kappa shape index (κ1) is 46.6. The Hall–Kier alpha value is -2.42. The van der Waals surface area contributed by atoms with Crippen LogP contribution >= 0.6 is 0 Å². The third-order valence-electron chi connectivity index (χ3n) is 16.5. The molecular formula is C49H75NO11. The SMILES string of the molecule is CCCCCCCC/C=C\CCCCCCCC(=O)O[C@]12[C@H]3[C@@H](OC(=O)c4ccccc4)[C@@](O)(C[C@H]3[C@@]34[C@@H](OC)C[C@@H](O)[C@@]5(COC)CN(C)[C@@H]3[C@@H]1[C@H](OC)[C@H]54)[C@@H](OC)[C@@H]2O. The maximum Gasteiger partial charge on any atom is 0.338 e. The number of aliphatic hydroxyl groups excluding tert-OH is 2. The Balaban J connectivity index is 1.17. The van der Waals surface area contributed by atoms with Crippen LogP contribution in [-0.2, 0) is 33.2 Å². The Morgan fingerprint density at radius 3 is 2.11 bits per heavy atom. The Morgan fingerprint density at radius 2 is 1.49 bits per heavy atom. The van der Waals surface area contributed by atoms with Gasteiger partial charge in [0.15, 0.2) is 5.60 Å². The molecule has 5 saturated carbocycles. The van der Waals surface area contributed by atoms with Crippen LogP contribution in [0.1, 0.15) is 120 Å². The second kappa shape index (κ2) is 19.4. The summed E-state index contributed by atoms with van der Waals surface area (Å²) >= 11 is 0. The fourth-order valence-electron chi connectivity index (χ4n) is 14.5. The van der Waals surface area contributed by atoms with Crippen LogP contribution in [0, 0.1) is 34.5 Å². The molecule has 12 nitrogen and oxygen atoms in total. The van der Waals surface area contributed by atoms with Gasteiger partial charge in [-0.3, -0.25) is 4.79 Å². The summed E-state index contributed by atoms with van der Waals surface area (Å²) < 4.78 is 38.5. The van der Waals surface area contributed by atoms with Crippen LogP contribution in [0.15, 0.2) is 42.5 Å². The van der Waals surface area contributed by atoms with E-state index in [9.17, 15) is 24.9 Å². The average molecular weight is 854 g/mol. The average Bonchev–Trinajstić information content (AvgIpc) is 3.64. The maximum absolute atomic E-state index is 14.5. The molecular weight excluding hydrogens is 779 g/mol. The van der Waals surface area contributed by atoms with Crippen LogP contribution in [0.25, 0.3) is 0 Å². The largest absolute Gasteiger partial charge is 0.455 e. The van der Waals surface area contributed by atoms with Crippen LogP contribution in [0.3, 0.4) is 0 Å². The molecule has 3 N–H and O–H groups in total. The highest BCUT2D eigenvalue weighted by Gasteiger charge is 2.92. The highest BCUT2D eigenvalue weighted by Crippen LogP contribution is 2.80. The number of allylic oxidation sites excluding steroid dienone is 2. The first-order valence-electron chi connectivity index (χ1n) is 23.5. The van der Waals surface area contributed by atoms with Gasteiger partial charge in [-0.15, -0.1) is 0 Å². The zero-order valence-electron chi connectivity index (χ0n) is 37.7. The van der Waals surface area contributed by atoms with Gasteiger partial charge in [0.05, 0.1) is 30.5 Å². The van der Waals surface area contributed by atoms with E-state index < -0.39 is 88.3 Å². The molecule has 6 aliphatic rings.